The number of amides is 1. The fraction of sp³-hybridized carbons (Fsp3) is 0.435. The van der Waals surface area contributed by atoms with Gasteiger partial charge in [0.2, 0.25) is 15.9 Å². The summed E-state index contributed by atoms with van der Waals surface area (Å²) in [5.74, 6) is 0.689. The number of carbonyl (C=O) groups is 1. The average molecular weight is 431 g/mol. The van der Waals surface area contributed by atoms with E-state index < -0.39 is 10.0 Å². The maximum Gasteiger partial charge on any atom is 0.243 e. The number of hydrogen-bond donors (Lipinski definition) is 1. The van der Waals surface area contributed by atoms with E-state index in [-0.39, 0.29) is 18.4 Å². The Bertz CT molecular complexity index is 940. The highest BCUT2D eigenvalue weighted by Gasteiger charge is 2.34. The second-order valence-corrected chi connectivity index (χ2v) is 9.62. The summed E-state index contributed by atoms with van der Waals surface area (Å²) in [6.45, 7) is 2.90. The van der Waals surface area contributed by atoms with Gasteiger partial charge in [-0.15, -0.1) is 0 Å². The van der Waals surface area contributed by atoms with E-state index in [9.17, 15) is 13.2 Å². The van der Waals surface area contributed by atoms with Gasteiger partial charge in [-0.2, -0.15) is 4.31 Å². The molecular weight excluding hydrogens is 400 g/mol. The summed E-state index contributed by atoms with van der Waals surface area (Å²) in [7, 11) is -1.97. The van der Waals surface area contributed by atoms with Crippen LogP contribution in [0.15, 0.2) is 53.4 Å². The van der Waals surface area contributed by atoms with Gasteiger partial charge in [0.25, 0.3) is 0 Å². The van der Waals surface area contributed by atoms with Gasteiger partial charge in [-0.05, 0) is 56.0 Å². The lowest BCUT2D eigenvalue weighted by Crippen LogP contribution is -2.46. The molecule has 1 fully saturated rings. The van der Waals surface area contributed by atoms with E-state index in [1.165, 1.54) is 4.31 Å². The predicted octanol–water partition coefficient (Wildman–Crippen LogP) is 3.30. The third kappa shape index (κ3) is 5.61. The molecule has 0 radical (unpaired) electrons. The number of piperidine rings is 1. The number of ether oxygens (including phenoxy) is 1. The molecular formula is C23H30N2O4S. The molecule has 2 aromatic carbocycles. The van der Waals surface area contributed by atoms with E-state index in [0.29, 0.717) is 30.8 Å². The SMILES string of the molecule is COc1ccc(CCNC(=O)C[C@H]2CCCCN2S(=O)(=O)c2ccc(C)cc2)cc1. The number of benzene rings is 2. The first-order valence-electron chi connectivity index (χ1n) is 10.4. The van der Waals surface area contributed by atoms with Gasteiger partial charge < -0.3 is 10.1 Å². The number of nitrogens with one attached hydrogen (secondary N) is 1. The van der Waals surface area contributed by atoms with Crippen molar-refractivity contribution in [3.63, 3.8) is 0 Å². The molecule has 1 saturated heterocycles. The van der Waals surface area contributed by atoms with Gasteiger partial charge in [0, 0.05) is 25.6 Å². The van der Waals surface area contributed by atoms with Crippen LogP contribution in [0.4, 0.5) is 0 Å². The molecule has 0 bridgehead atoms. The zero-order valence-corrected chi connectivity index (χ0v) is 18.5. The molecule has 0 aromatic heterocycles. The van der Waals surface area contributed by atoms with E-state index in [4.69, 9.17) is 4.74 Å². The normalized spacial score (nSPS) is 17.5. The Morgan fingerprint density at radius 1 is 1.10 bits per heavy atom. The summed E-state index contributed by atoms with van der Waals surface area (Å²) in [6.07, 6.45) is 3.36. The third-order valence-corrected chi connectivity index (χ3v) is 7.48. The lowest BCUT2D eigenvalue weighted by atomic mass is 10.0. The highest BCUT2D eigenvalue weighted by molar-refractivity contribution is 7.89. The van der Waals surface area contributed by atoms with Gasteiger partial charge in [-0.25, -0.2) is 8.42 Å². The molecule has 162 valence electrons. The third-order valence-electron chi connectivity index (χ3n) is 5.52. The molecule has 7 heteroatoms. The van der Waals surface area contributed by atoms with E-state index in [0.717, 1.165) is 29.7 Å². The fourth-order valence-electron chi connectivity index (χ4n) is 3.76. The molecule has 1 N–H and O–H groups in total. The summed E-state index contributed by atoms with van der Waals surface area (Å²) in [5, 5.41) is 2.93. The van der Waals surface area contributed by atoms with Crippen molar-refractivity contribution in [2.75, 3.05) is 20.2 Å². The number of hydrogen-bond acceptors (Lipinski definition) is 4. The van der Waals surface area contributed by atoms with Crippen molar-refractivity contribution in [3.05, 3.63) is 59.7 Å². The monoisotopic (exact) mass is 430 g/mol. The van der Waals surface area contributed by atoms with Crippen LogP contribution in [0.1, 0.15) is 36.8 Å². The Labute approximate surface area is 179 Å². The largest absolute Gasteiger partial charge is 0.497 e. The Morgan fingerprint density at radius 2 is 1.80 bits per heavy atom. The molecule has 1 aliphatic heterocycles. The molecule has 0 aliphatic carbocycles. The van der Waals surface area contributed by atoms with E-state index in [1.807, 2.05) is 31.2 Å². The van der Waals surface area contributed by atoms with Gasteiger partial charge >= 0.3 is 0 Å². The zero-order chi connectivity index (χ0) is 21.6. The number of rotatable bonds is 8. The van der Waals surface area contributed by atoms with Crippen LogP contribution in [0.3, 0.4) is 0 Å². The van der Waals surface area contributed by atoms with Gasteiger partial charge in [0.05, 0.1) is 12.0 Å². The maximum atomic E-state index is 13.1. The zero-order valence-electron chi connectivity index (χ0n) is 17.6. The molecule has 6 nitrogen and oxygen atoms in total. The summed E-state index contributed by atoms with van der Waals surface area (Å²) in [6, 6.07) is 14.3. The first-order valence-corrected chi connectivity index (χ1v) is 11.8. The number of sulfonamides is 1. The number of carbonyl (C=O) groups excluding carboxylic acids is 1. The average Bonchev–Trinajstić information content (AvgIpc) is 2.75. The van der Waals surface area contributed by atoms with E-state index in [2.05, 4.69) is 5.32 Å². The summed E-state index contributed by atoms with van der Waals surface area (Å²) in [5.41, 5.74) is 2.12. The van der Waals surface area contributed by atoms with Gasteiger partial charge in [0.1, 0.15) is 5.75 Å². The number of nitrogens with zero attached hydrogens (tertiary/aromatic N) is 1. The Hall–Kier alpha value is -2.38. The molecule has 0 spiro atoms. The minimum absolute atomic E-state index is 0.112. The summed E-state index contributed by atoms with van der Waals surface area (Å²) in [4.78, 5) is 12.8. The number of methoxy groups -OCH3 is 1. The van der Waals surface area contributed by atoms with Gasteiger partial charge in [-0.1, -0.05) is 36.2 Å². The van der Waals surface area contributed by atoms with E-state index in [1.54, 1.807) is 31.4 Å². The molecule has 1 amide bonds. The molecule has 0 unspecified atom stereocenters. The van der Waals surface area contributed by atoms with Gasteiger partial charge in [0.15, 0.2) is 0 Å². The van der Waals surface area contributed by atoms with Crippen molar-refractivity contribution in [1.82, 2.24) is 9.62 Å². The first kappa shape index (κ1) is 22.3. The second kappa shape index (κ2) is 10.1. The summed E-state index contributed by atoms with van der Waals surface area (Å²) < 4.78 is 32.9. The quantitative estimate of drug-likeness (QED) is 0.697. The molecule has 3 rings (SSSR count). The Balaban J connectivity index is 1.57. The highest BCUT2D eigenvalue weighted by atomic mass is 32.2. The van der Waals surface area contributed by atoms with Crippen LogP contribution in [0.5, 0.6) is 5.75 Å². The maximum absolute atomic E-state index is 13.1. The summed E-state index contributed by atoms with van der Waals surface area (Å²) >= 11 is 0. The standard InChI is InChI=1S/C23H30N2O4S/c1-18-6-12-22(13-7-18)30(27,28)25-16-4-3-5-20(25)17-23(26)24-15-14-19-8-10-21(29-2)11-9-19/h6-13,20H,3-5,14-17H2,1-2H3,(H,24,26)/t20-/m1/s1. The van der Waals surface area contributed by atoms with Crippen LogP contribution >= 0.6 is 0 Å². The minimum atomic E-state index is -3.60. The van der Waals surface area contributed by atoms with Crippen LogP contribution in [-0.4, -0.2) is 44.9 Å². The fourth-order valence-corrected chi connectivity index (χ4v) is 5.46. The van der Waals surface area contributed by atoms with E-state index >= 15 is 0 Å². The van der Waals surface area contributed by atoms with Crippen molar-refractivity contribution in [2.24, 2.45) is 0 Å². The molecule has 1 atom stereocenters. The molecule has 30 heavy (non-hydrogen) atoms. The molecule has 1 aliphatic rings. The Morgan fingerprint density at radius 3 is 2.47 bits per heavy atom. The lowest BCUT2D eigenvalue weighted by Gasteiger charge is -2.34. The van der Waals surface area contributed by atoms with Crippen LogP contribution in [-0.2, 0) is 21.2 Å². The van der Waals surface area contributed by atoms with Gasteiger partial charge in [-0.3, -0.25) is 4.79 Å². The molecule has 1 heterocycles. The van der Waals surface area contributed by atoms with Crippen molar-refractivity contribution in [1.29, 1.82) is 0 Å². The highest BCUT2D eigenvalue weighted by Crippen LogP contribution is 2.27. The topological polar surface area (TPSA) is 75.7 Å². The van der Waals surface area contributed by atoms with Crippen molar-refractivity contribution < 1.29 is 17.9 Å². The van der Waals surface area contributed by atoms with Crippen LogP contribution in [0.2, 0.25) is 0 Å². The first-order chi connectivity index (χ1) is 14.4. The van der Waals surface area contributed by atoms with Crippen molar-refractivity contribution in [2.45, 2.75) is 50.0 Å². The number of aryl methyl sites for hydroxylation is 1. The Kier molecular flexibility index (Phi) is 7.50. The van der Waals surface area contributed by atoms with Crippen molar-refractivity contribution in [3.8, 4) is 5.75 Å². The second-order valence-electron chi connectivity index (χ2n) is 7.73. The molecule has 2 aromatic rings. The predicted molar refractivity (Wildman–Crippen MR) is 117 cm³/mol. The van der Waals surface area contributed by atoms with Crippen LogP contribution in [0.25, 0.3) is 0 Å². The minimum Gasteiger partial charge on any atom is -0.497 e. The van der Waals surface area contributed by atoms with Crippen LogP contribution in [0, 0.1) is 6.92 Å². The molecule has 0 saturated carbocycles. The van der Waals surface area contributed by atoms with Crippen molar-refractivity contribution >= 4 is 15.9 Å². The van der Waals surface area contributed by atoms with Crippen LogP contribution < -0.4 is 10.1 Å². The smallest absolute Gasteiger partial charge is 0.243 e. The lowest BCUT2D eigenvalue weighted by molar-refractivity contribution is -0.122.